The molecule has 2 rings (SSSR count). The lowest BCUT2D eigenvalue weighted by Gasteiger charge is -2.16. The van der Waals surface area contributed by atoms with Gasteiger partial charge in [0.15, 0.2) is 0 Å². The number of oxime groups is 1. The summed E-state index contributed by atoms with van der Waals surface area (Å²) in [5.74, 6) is -0.0411. The maximum Gasteiger partial charge on any atom is 0.137 e. The Bertz CT molecular complexity index is 929. The summed E-state index contributed by atoms with van der Waals surface area (Å²) in [5.41, 5.74) is 2.14. The highest BCUT2D eigenvalue weighted by Crippen LogP contribution is 2.33. The van der Waals surface area contributed by atoms with Crippen molar-refractivity contribution in [1.82, 2.24) is 0 Å². The first-order valence-electron chi connectivity index (χ1n) is 10.2. The van der Waals surface area contributed by atoms with Gasteiger partial charge in [0.25, 0.3) is 0 Å². The van der Waals surface area contributed by atoms with Crippen LogP contribution >= 0.6 is 11.6 Å². The van der Waals surface area contributed by atoms with Crippen LogP contribution in [0.1, 0.15) is 49.8 Å². The van der Waals surface area contributed by atoms with Crippen molar-refractivity contribution in [1.29, 1.82) is 0 Å². The van der Waals surface area contributed by atoms with Crippen LogP contribution in [0, 0.1) is 0 Å². The number of nitrogens with zero attached hydrogens (tertiary/aromatic N) is 1. The smallest absolute Gasteiger partial charge is 0.137 e. The monoisotopic (exact) mass is 448 g/mol. The summed E-state index contributed by atoms with van der Waals surface area (Å²) >= 11 is 6.13. The average Bonchev–Trinajstić information content (AvgIpc) is 2.73. The molecule has 168 valence electrons. The fourth-order valence-corrected chi connectivity index (χ4v) is 3.41. The van der Waals surface area contributed by atoms with E-state index in [1.807, 2.05) is 13.8 Å². The Kier molecular flexibility index (Phi) is 9.46. The predicted octanol–water partition coefficient (Wildman–Crippen LogP) is 3.73. The second kappa shape index (κ2) is 12.1. The van der Waals surface area contributed by atoms with Crippen LogP contribution in [0.3, 0.4) is 0 Å². The summed E-state index contributed by atoms with van der Waals surface area (Å²) in [6.07, 6.45) is 2.30. The third kappa shape index (κ3) is 6.79. The number of hydrogen-bond acceptors (Lipinski definition) is 7. The molecule has 7 nitrogen and oxygen atoms in total. The Morgan fingerprint density at radius 1 is 1.13 bits per heavy atom. The highest BCUT2D eigenvalue weighted by atomic mass is 35.5. The molecule has 8 heteroatoms. The Morgan fingerprint density at radius 2 is 1.81 bits per heavy atom. The van der Waals surface area contributed by atoms with Gasteiger partial charge in [0, 0.05) is 29.9 Å². The minimum atomic E-state index is -1.17. The van der Waals surface area contributed by atoms with Crippen LogP contribution in [0.15, 0.2) is 35.5 Å². The molecule has 0 amide bonds. The minimum Gasteiger partial charge on any atom is -0.550 e. The SMILES string of the molecule is CCCc1c(OCCCOc2ccc(CC(=O)[O-])cc2Cl)ccc(/C(CC)=N/O)c1O. The average molecular weight is 449 g/mol. The Morgan fingerprint density at radius 3 is 2.39 bits per heavy atom. The van der Waals surface area contributed by atoms with Gasteiger partial charge >= 0.3 is 0 Å². The molecule has 0 saturated heterocycles. The first-order chi connectivity index (χ1) is 14.9. The number of carbonyl (C=O) groups excluding carboxylic acids is 1. The molecule has 0 aliphatic rings. The molecule has 0 aromatic heterocycles. The Labute approximate surface area is 186 Å². The lowest BCUT2D eigenvalue weighted by molar-refractivity contribution is -0.304. The van der Waals surface area contributed by atoms with Crippen molar-refractivity contribution < 1.29 is 29.7 Å². The number of carboxylic acids is 1. The largest absolute Gasteiger partial charge is 0.550 e. The van der Waals surface area contributed by atoms with Crippen molar-refractivity contribution in [3.8, 4) is 17.2 Å². The third-order valence-corrected chi connectivity index (χ3v) is 4.95. The third-order valence-electron chi connectivity index (χ3n) is 4.65. The van der Waals surface area contributed by atoms with E-state index >= 15 is 0 Å². The normalized spacial score (nSPS) is 11.4. The number of phenols is 1. The van der Waals surface area contributed by atoms with Gasteiger partial charge in [-0.3, -0.25) is 0 Å². The molecule has 0 heterocycles. The molecule has 2 aromatic rings. The van der Waals surface area contributed by atoms with Crippen LogP contribution in [0.2, 0.25) is 5.02 Å². The van der Waals surface area contributed by atoms with E-state index in [2.05, 4.69) is 5.16 Å². The zero-order chi connectivity index (χ0) is 22.8. The van der Waals surface area contributed by atoms with Gasteiger partial charge in [0.1, 0.15) is 17.2 Å². The second-order valence-corrected chi connectivity index (χ2v) is 7.36. The highest BCUT2D eigenvalue weighted by Gasteiger charge is 2.16. The second-order valence-electron chi connectivity index (χ2n) is 6.95. The van der Waals surface area contributed by atoms with Crippen molar-refractivity contribution in [2.75, 3.05) is 13.2 Å². The van der Waals surface area contributed by atoms with Crippen molar-refractivity contribution >= 4 is 23.3 Å². The number of hydrogen-bond donors (Lipinski definition) is 2. The number of carboxylic acid groups (broad SMARTS) is 1. The van der Waals surface area contributed by atoms with E-state index in [0.29, 0.717) is 71.4 Å². The molecule has 0 saturated carbocycles. The van der Waals surface area contributed by atoms with E-state index in [9.17, 15) is 15.0 Å². The zero-order valence-electron chi connectivity index (χ0n) is 17.7. The molecule has 2 aromatic carbocycles. The first kappa shape index (κ1) is 24.3. The van der Waals surface area contributed by atoms with E-state index in [0.717, 1.165) is 6.42 Å². The lowest BCUT2D eigenvalue weighted by Crippen LogP contribution is -2.24. The van der Waals surface area contributed by atoms with E-state index in [4.69, 9.17) is 26.3 Å². The fourth-order valence-electron chi connectivity index (χ4n) is 3.15. The fraction of sp³-hybridized carbons (Fsp3) is 0.391. The molecule has 0 aliphatic heterocycles. The number of benzene rings is 2. The van der Waals surface area contributed by atoms with Gasteiger partial charge in [-0.15, -0.1) is 0 Å². The standard InChI is InChI=1S/C23H28ClNO6/c1-3-6-17-20(10-8-16(23(17)28)19(4-2)25-29)30-11-5-12-31-21-9-7-15(13-18(21)24)14-22(26)27/h7-10,13,28-29H,3-6,11-12,14H2,1-2H3,(H,26,27)/p-1/b25-19+. The number of carbonyl (C=O) groups is 1. The van der Waals surface area contributed by atoms with Crippen LogP contribution in [0.25, 0.3) is 0 Å². The van der Waals surface area contributed by atoms with Gasteiger partial charge in [0.2, 0.25) is 0 Å². The van der Waals surface area contributed by atoms with E-state index in [1.165, 1.54) is 0 Å². The molecule has 0 spiro atoms. The molecular weight excluding hydrogens is 422 g/mol. The summed E-state index contributed by atoms with van der Waals surface area (Å²) in [7, 11) is 0. The van der Waals surface area contributed by atoms with E-state index < -0.39 is 5.97 Å². The summed E-state index contributed by atoms with van der Waals surface area (Å²) < 4.78 is 11.5. The number of aromatic hydroxyl groups is 1. The van der Waals surface area contributed by atoms with Crippen LogP contribution in [-0.4, -0.2) is 35.2 Å². The molecule has 0 unspecified atom stereocenters. The predicted molar refractivity (Wildman–Crippen MR) is 116 cm³/mol. The van der Waals surface area contributed by atoms with Gasteiger partial charge in [-0.05, 0) is 42.7 Å². The summed E-state index contributed by atoms with van der Waals surface area (Å²) in [6.45, 7) is 4.57. The quantitative estimate of drug-likeness (QED) is 0.221. The number of phenolic OH excluding ortho intramolecular Hbond substituents is 1. The topological polar surface area (TPSA) is 111 Å². The molecule has 0 fully saturated rings. The van der Waals surface area contributed by atoms with Crippen LogP contribution in [-0.2, 0) is 17.6 Å². The van der Waals surface area contributed by atoms with E-state index in [-0.39, 0.29) is 12.2 Å². The van der Waals surface area contributed by atoms with Gasteiger partial charge in [-0.1, -0.05) is 43.1 Å². The van der Waals surface area contributed by atoms with Gasteiger partial charge in [0.05, 0.1) is 23.9 Å². The highest BCUT2D eigenvalue weighted by molar-refractivity contribution is 6.32. The molecule has 0 radical (unpaired) electrons. The molecule has 2 N–H and O–H groups in total. The van der Waals surface area contributed by atoms with Gasteiger partial charge in [-0.25, -0.2) is 0 Å². The maximum absolute atomic E-state index is 10.7. The van der Waals surface area contributed by atoms with E-state index in [1.54, 1.807) is 30.3 Å². The van der Waals surface area contributed by atoms with Crippen molar-refractivity contribution in [3.63, 3.8) is 0 Å². The minimum absolute atomic E-state index is 0.0775. The molecular formula is C23H27ClNO6-. The summed E-state index contributed by atoms with van der Waals surface area (Å²) in [5, 5.41) is 34.1. The number of rotatable bonds is 12. The van der Waals surface area contributed by atoms with Crippen LogP contribution < -0.4 is 14.6 Å². The lowest BCUT2D eigenvalue weighted by atomic mass is 9.99. The Balaban J connectivity index is 1.95. The van der Waals surface area contributed by atoms with Crippen LogP contribution in [0.5, 0.6) is 17.2 Å². The molecule has 0 aliphatic carbocycles. The number of ether oxygens (including phenoxy) is 2. The van der Waals surface area contributed by atoms with Gasteiger partial charge < -0.3 is 29.7 Å². The summed E-state index contributed by atoms with van der Waals surface area (Å²) in [4.78, 5) is 10.7. The summed E-state index contributed by atoms with van der Waals surface area (Å²) in [6, 6.07) is 8.27. The van der Waals surface area contributed by atoms with Crippen molar-refractivity contribution in [2.45, 2.75) is 46.0 Å². The molecule has 0 bridgehead atoms. The maximum atomic E-state index is 10.7. The first-order valence-corrected chi connectivity index (χ1v) is 10.6. The molecule has 31 heavy (non-hydrogen) atoms. The van der Waals surface area contributed by atoms with Crippen LogP contribution in [0.4, 0.5) is 0 Å². The number of aliphatic carboxylic acids is 1. The Hall–Kier alpha value is -2.93. The van der Waals surface area contributed by atoms with Gasteiger partial charge in [-0.2, -0.15) is 0 Å². The number of halogens is 1. The van der Waals surface area contributed by atoms with Crippen molar-refractivity contribution in [2.24, 2.45) is 5.16 Å². The zero-order valence-corrected chi connectivity index (χ0v) is 18.4. The van der Waals surface area contributed by atoms with Crippen molar-refractivity contribution in [3.05, 3.63) is 52.0 Å². The molecule has 0 atom stereocenters.